The molecule has 1 heterocycles. The van der Waals surface area contributed by atoms with Crippen LogP contribution in [0.3, 0.4) is 0 Å². The Labute approximate surface area is 116 Å². The van der Waals surface area contributed by atoms with Crippen LogP contribution in [0.5, 0.6) is 0 Å². The number of aromatic nitrogens is 1. The quantitative estimate of drug-likeness (QED) is 0.915. The summed E-state index contributed by atoms with van der Waals surface area (Å²) in [7, 11) is 0. The van der Waals surface area contributed by atoms with Gasteiger partial charge in [0.15, 0.2) is 11.6 Å². The van der Waals surface area contributed by atoms with E-state index in [1.54, 1.807) is 4.90 Å². The van der Waals surface area contributed by atoms with E-state index in [1.165, 1.54) is 12.3 Å². The lowest BCUT2D eigenvalue weighted by molar-refractivity contribution is 0.300. The lowest BCUT2D eigenvalue weighted by atomic mass is 10.2. The van der Waals surface area contributed by atoms with E-state index in [9.17, 15) is 4.39 Å². The van der Waals surface area contributed by atoms with Crippen LogP contribution in [0.2, 0.25) is 5.02 Å². The molecule has 19 heavy (non-hydrogen) atoms. The number of halogens is 2. The third-order valence-electron chi connectivity index (χ3n) is 2.67. The zero-order valence-corrected chi connectivity index (χ0v) is 11.0. The van der Waals surface area contributed by atoms with Gasteiger partial charge in [0.25, 0.3) is 0 Å². The van der Waals surface area contributed by atoms with Crippen molar-refractivity contribution in [2.45, 2.75) is 6.54 Å². The van der Waals surface area contributed by atoms with Gasteiger partial charge in [-0.1, -0.05) is 41.9 Å². The molecule has 0 aliphatic rings. The minimum atomic E-state index is -0.489. The predicted molar refractivity (Wildman–Crippen MR) is 73.8 cm³/mol. The van der Waals surface area contributed by atoms with Gasteiger partial charge < -0.3 is 10.0 Å². The summed E-state index contributed by atoms with van der Waals surface area (Å²) in [5.41, 5.74) is 1.02. The maximum Gasteiger partial charge on any atom is 0.167 e. The fourth-order valence-corrected chi connectivity index (χ4v) is 1.97. The van der Waals surface area contributed by atoms with Crippen LogP contribution < -0.4 is 4.90 Å². The van der Waals surface area contributed by atoms with Crippen molar-refractivity contribution < 1.29 is 9.50 Å². The highest BCUT2D eigenvalue weighted by molar-refractivity contribution is 6.30. The molecule has 1 aromatic carbocycles. The summed E-state index contributed by atoms with van der Waals surface area (Å²) < 4.78 is 13.9. The molecule has 0 unspecified atom stereocenters. The Morgan fingerprint density at radius 1 is 1.26 bits per heavy atom. The summed E-state index contributed by atoms with van der Waals surface area (Å²) in [5, 5.41) is 9.36. The molecule has 0 bridgehead atoms. The molecule has 5 heteroatoms. The predicted octanol–water partition coefficient (Wildman–Crippen LogP) is 2.87. The summed E-state index contributed by atoms with van der Waals surface area (Å²) in [5.74, 6) is -0.292. The molecule has 0 aliphatic heterocycles. The number of nitrogens with zero attached hydrogens (tertiary/aromatic N) is 2. The Morgan fingerprint density at radius 2 is 2.00 bits per heavy atom. The number of aliphatic hydroxyl groups excluding tert-OH is 1. The minimum absolute atomic E-state index is 0.0728. The lowest BCUT2D eigenvalue weighted by Crippen LogP contribution is -2.27. The van der Waals surface area contributed by atoms with Gasteiger partial charge in [-0.25, -0.2) is 9.37 Å². The highest BCUT2D eigenvalue weighted by Gasteiger charge is 2.13. The number of rotatable bonds is 5. The maximum absolute atomic E-state index is 13.9. The molecule has 0 atom stereocenters. The van der Waals surface area contributed by atoms with Crippen molar-refractivity contribution in [2.75, 3.05) is 18.1 Å². The van der Waals surface area contributed by atoms with Gasteiger partial charge in [-0.15, -0.1) is 0 Å². The Kier molecular flexibility index (Phi) is 4.71. The minimum Gasteiger partial charge on any atom is -0.395 e. The van der Waals surface area contributed by atoms with Crippen LogP contribution in [0.1, 0.15) is 5.56 Å². The average molecular weight is 281 g/mol. The molecular weight excluding hydrogens is 267 g/mol. The second-order valence-corrected chi connectivity index (χ2v) is 4.53. The fourth-order valence-electron chi connectivity index (χ4n) is 1.82. The van der Waals surface area contributed by atoms with Crippen LogP contribution in [0.15, 0.2) is 42.6 Å². The van der Waals surface area contributed by atoms with Crippen LogP contribution in [-0.4, -0.2) is 23.2 Å². The topological polar surface area (TPSA) is 36.4 Å². The second-order valence-electron chi connectivity index (χ2n) is 4.09. The molecule has 0 spiro atoms. The van der Waals surface area contributed by atoms with Gasteiger partial charge in [0.2, 0.25) is 0 Å². The molecular formula is C14H14ClFN2O. The van der Waals surface area contributed by atoms with Gasteiger partial charge in [0, 0.05) is 19.3 Å². The summed E-state index contributed by atoms with van der Waals surface area (Å²) in [6.07, 6.45) is 1.40. The Hall–Kier alpha value is -1.65. The van der Waals surface area contributed by atoms with E-state index in [0.29, 0.717) is 13.1 Å². The smallest absolute Gasteiger partial charge is 0.167 e. The first-order valence-electron chi connectivity index (χ1n) is 5.91. The van der Waals surface area contributed by atoms with Crippen molar-refractivity contribution in [2.24, 2.45) is 0 Å². The normalized spacial score (nSPS) is 10.5. The number of benzene rings is 1. The van der Waals surface area contributed by atoms with E-state index < -0.39 is 5.82 Å². The van der Waals surface area contributed by atoms with Gasteiger partial charge in [-0.3, -0.25) is 0 Å². The zero-order chi connectivity index (χ0) is 13.7. The molecule has 2 rings (SSSR count). The summed E-state index contributed by atoms with van der Waals surface area (Å²) >= 11 is 5.69. The molecule has 0 aliphatic carbocycles. The van der Waals surface area contributed by atoms with Crippen LogP contribution in [0, 0.1) is 5.82 Å². The Morgan fingerprint density at radius 3 is 2.63 bits per heavy atom. The van der Waals surface area contributed by atoms with Crippen molar-refractivity contribution >= 4 is 17.4 Å². The summed E-state index contributed by atoms with van der Waals surface area (Å²) in [6.45, 7) is 0.712. The monoisotopic (exact) mass is 280 g/mol. The summed E-state index contributed by atoms with van der Waals surface area (Å²) in [4.78, 5) is 5.68. The summed E-state index contributed by atoms with van der Waals surface area (Å²) in [6, 6.07) is 10.9. The first-order chi connectivity index (χ1) is 9.20. The molecule has 1 N–H and O–H groups in total. The number of hydrogen-bond donors (Lipinski definition) is 1. The van der Waals surface area contributed by atoms with Gasteiger partial charge in [0.1, 0.15) is 0 Å². The first-order valence-corrected chi connectivity index (χ1v) is 6.29. The molecule has 0 amide bonds. The third-order valence-corrected chi connectivity index (χ3v) is 2.88. The third kappa shape index (κ3) is 3.66. The molecule has 0 radical (unpaired) electrons. The lowest BCUT2D eigenvalue weighted by Gasteiger charge is -2.23. The maximum atomic E-state index is 13.9. The van der Waals surface area contributed by atoms with Gasteiger partial charge in [-0.05, 0) is 11.6 Å². The zero-order valence-electron chi connectivity index (χ0n) is 10.3. The van der Waals surface area contributed by atoms with E-state index in [-0.39, 0.29) is 17.4 Å². The van der Waals surface area contributed by atoms with Gasteiger partial charge >= 0.3 is 0 Å². The van der Waals surface area contributed by atoms with Crippen molar-refractivity contribution in [1.82, 2.24) is 4.98 Å². The van der Waals surface area contributed by atoms with Crippen LogP contribution >= 0.6 is 11.6 Å². The number of pyridine rings is 1. The molecule has 1 aromatic heterocycles. The largest absolute Gasteiger partial charge is 0.395 e. The van der Waals surface area contributed by atoms with Crippen molar-refractivity contribution in [3.8, 4) is 0 Å². The molecule has 0 saturated carbocycles. The average Bonchev–Trinajstić information content (AvgIpc) is 2.39. The molecule has 100 valence electrons. The molecule has 0 fully saturated rings. The Bertz CT molecular complexity index is 536. The van der Waals surface area contributed by atoms with Crippen molar-refractivity contribution in [3.63, 3.8) is 0 Å². The van der Waals surface area contributed by atoms with E-state index in [1.807, 2.05) is 30.3 Å². The van der Waals surface area contributed by atoms with Gasteiger partial charge in [-0.2, -0.15) is 0 Å². The highest BCUT2D eigenvalue weighted by atomic mass is 35.5. The Balaban J connectivity index is 2.24. The number of aliphatic hydroxyl groups is 1. The van der Waals surface area contributed by atoms with Crippen molar-refractivity contribution in [1.29, 1.82) is 0 Å². The number of hydrogen-bond acceptors (Lipinski definition) is 3. The van der Waals surface area contributed by atoms with Crippen LogP contribution in [-0.2, 0) is 6.54 Å². The van der Waals surface area contributed by atoms with E-state index in [2.05, 4.69) is 4.98 Å². The molecule has 3 nitrogen and oxygen atoms in total. The van der Waals surface area contributed by atoms with E-state index >= 15 is 0 Å². The fraction of sp³-hybridized carbons (Fsp3) is 0.214. The standard InChI is InChI=1S/C14H14ClFN2O/c15-12-8-13(16)14(17-9-12)18(6-7-19)10-11-4-2-1-3-5-11/h1-5,8-9,19H,6-7,10H2. The second kappa shape index (κ2) is 6.50. The number of anilines is 1. The van der Waals surface area contributed by atoms with E-state index in [4.69, 9.17) is 16.7 Å². The first kappa shape index (κ1) is 13.8. The SMILES string of the molecule is OCCN(Cc1ccccc1)c1ncc(Cl)cc1F. The van der Waals surface area contributed by atoms with Gasteiger partial charge in [0.05, 0.1) is 11.6 Å². The van der Waals surface area contributed by atoms with Crippen LogP contribution in [0.25, 0.3) is 0 Å². The van der Waals surface area contributed by atoms with E-state index in [0.717, 1.165) is 5.56 Å². The van der Waals surface area contributed by atoms with Crippen molar-refractivity contribution in [3.05, 3.63) is 59.0 Å². The molecule has 0 saturated heterocycles. The molecule has 2 aromatic rings. The van der Waals surface area contributed by atoms with Crippen LogP contribution in [0.4, 0.5) is 10.2 Å². The highest BCUT2D eigenvalue weighted by Crippen LogP contribution is 2.21.